The summed E-state index contributed by atoms with van der Waals surface area (Å²) in [6, 6.07) is 0.479. The molecule has 0 spiro atoms. The Labute approximate surface area is 104 Å². The quantitative estimate of drug-likeness (QED) is 0.832. The molecule has 0 bridgehead atoms. The Kier molecular flexibility index (Phi) is 3.83. The second kappa shape index (κ2) is 4.75. The average molecular weight is 285 g/mol. The summed E-state index contributed by atoms with van der Waals surface area (Å²) >= 11 is 0. The molecule has 0 aliphatic heterocycles. The number of carbonyl (C=O) groups is 1. The number of aryl methyl sites for hydroxylation is 1. The third kappa shape index (κ3) is 3.18. The van der Waals surface area contributed by atoms with Crippen LogP contribution in [-0.2, 0) is 18.8 Å². The highest BCUT2D eigenvalue weighted by Gasteiger charge is 2.40. The van der Waals surface area contributed by atoms with E-state index in [2.05, 4.69) is 0 Å². The Bertz CT molecular complexity index is 503. The van der Waals surface area contributed by atoms with Crippen LogP contribution in [0.1, 0.15) is 34.0 Å². The molecule has 8 heteroatoms. The Morgan fingerprint density at radius 3 is 1.84 bits per heavy atom. The van der Waals surface area contributed by atoms with E-state index in [0.29, 0.717) is 6.07 Å². The molecular formula is C11H9F6NO. The van der Waals surface area contributed by atoms with Crippen LogP contribution in [0, 0.1) is 0 Å². The first-order valence-electron chi connectivity index (χ1n) is 5.09. The summed E-state index contributed by atoms with van der Waals surface area (Å²) in [5.41, 5.74) is 0.254. The molecule has 1 aromatic rings. The molecule has 1 amide bonds. The number of benzene rings is 1. The van der Waals surface area contributed by atoms with Crippen LogP contribution in [0.15, 0.2) is 12.1 Å². The van der Waals surface area contributed by atoms with Gasteiger partial charge < -0.3 is 5.73 Å². The molecule has 19 heavy (non-hydrogen) atoms. The van der Waals surface area contributed by atoms with Crippen molar-refractivity contribution in [1.82, 2.24) is 0 Å². The predicted octanol–water partition coefficient (Wildman–Crippen LogP) is 3.39. The zero-order valence-corrected chi connectivity index (χ0v) is 9.62. The first-order chi connectivity index (χ1) is 8.48. The number of alkyl halides is 6. The van der Waals surface area contributed by atoms with Crippen molar-refractivity contribution in [2.45, 2.75) is 25.7 Å². The van der Waals surface area contributed by atoms with Gasteiger partial charge in [0.25, 0.3) is 0 Å². The van der Waals surface area contributed by atoms with Crippen LogP contribution in [0.5, 0.6) is 0 Å². The molecule has 0 aliphatic carbocycles. The van der Waals surface area contributed by atoms with E-state index in [9.17, 15) is 31.1 Å². The van der Waals surface area contributed by atoms with E-state index < -0.39 is 40.5 Å². The third-order valence-corrected chi connectivity index (χ3v) is 2.50. The van der Waals surface area contributed by atoms with E-state index in [1.165, 1.54) is 6.92 Å². The van der Waals surface area contributed by atoms with E-state index >= 15 is 0 Å². The Morgan fingerprint density at radius 1 is 1.05 bits per heavy atom. The van der Waals surface area contributed by atoms with Crippen molar-refractivity contribution < 1.29 is 31.1 Å². The van der Waals surface area contributed by atoms with E-state index in [4.69, 9.17) is 5.73 Å². The Hall–Kier alpha value is -1.73. The summed E-state index contributed by atoms with van der Waals surface area (Å²) in [4.78, 5) is 10.9. The second-order valence-electron chi connectivity index (χ2n) is 3.77. The Balaban J connectivity index is 3.66. The summed E-state index contributed by atoms with van der Waals surface area (Å²) in [6.07, 6.45) is -10.0. The number of amides is 1. The molecule has 0 radical (unpaired) electrons. The van der Waals surface area contributed by atoms with Crippen molar-refractivity contribution in [3.63, 3.8) is 0 Å². The maximum Gasteiger partial charge on any atom is 0.417 e. The normalized spacial score (nSPS) is 12.6. The molecule has 106 valence electrons. The molecule has 0 saturated carbocycles. The fraction of sp³-hybridized carbons (Fsp3) is 0.364. The second-order valence-corrected chi connectivity index (χ2v) is 3.77. The van der Waals surface area contributed by atoms with Gasteiger partial charge in [0.2, 0.25) is 5.91 Å². The zero-order chi connectivity index (χ0) is 15.0. The van der Waals surface area contributed by atoms with Gasteiger partial charge in [0.15, 0.2) is 0 Å². The molecule has 0 heterocycles. The molecule has 0 aromatic heterocycles. The zero-order valence-electron chi connectivity index (χ0n) is 9.62. The maximum atomic E-state index is 12.7. The minimum absolute atomic E-state index is 0.157. The Morgan fingerprint density at radius 2 is 1.53 bits per heavy atom. The highest BCUT2D eigenvalue weighted by molar-refractivity contribution is 5.95. The van der Waals surface area contributed by atoms with Crippen LogP contribution in [0.4, 0.5) is 26.3 Å². The van der Waals surface area contributed by atoms with Crippen molar-refractivity contribution >= 4 is 5.91 Å². The third-order valence-electron chi connectivity index (χ3n) is 2.50. The van der Waals surface area contributed by atoms with Crippen LogP contribution in [0.25, 0.3) is 0 Å². The molecule has 2 N–H and O–H groups in total. The molecule has 0 atom stereocenters. The average Bonchev–Trinajstić information content (AvgIpc) is 2.24. The van der Waals surface area contributed by atoms with Crippen LogP contribution in [-0.4, -0.2) is 5.91 Å². The first-order valence-corrected chi connectivity index (χ1v) is 5.09. The molecule has 0 unspecified atom stereocenters. The lowest BCUT2D eigenvalue weighted by Gasteiger charge is -2.17. The summed E-state index contributed by atoms with van der Waals surface area (Å²) < 4.78 is 76.0. The standard InChI is InChI=1S/C11H9F6NO/c1-2-5-3-8(11(15,16)17)6(9(18)19)4-7(5)10(12,13)14/h3-4H,2H2,1H3,(H2,18,19). The largest absolute Gasteiger partial charge is 0.417 e. The van der Waals surface area contributed by atoms with Gasteiger partial charge in [-0.3, -0.25) is 4.79 Å². The number of carbonyl (C=O) groups excluding carboxylic acids is 1. The predicted molar refractivity (Wildman–Crippen MR) is 54.3 cm³/mol. The van der Waals surface area contributed by atoms with Gasteiger partial charge >= 0.3 is 12.4 Å². The summed E-state index contributed by atoms with van der Waals surface area (Å²) in [7, 11) is 0. The van der Waals surface area contributed by atoms with Crippen LogP contribution < -0.4 is 5.73 Å². The summed E-state index contributed by atoms with van der Waals surface area (Å²) in [5, 5.41) is 0. The number of rotatable bonds is 2. The lowest BCUT2D eigenvalue weighted by molar-refractivity contribution is -0.142. The van der Waals surface area contributed by atoms with Crippen LogP contribution >= 0.6 is 0 Å². The number of primary amides is 1. The van der Waals surface area contributed by atoms with Gasteiger partial charge in [-0.05, 0) is 24.1 Å². The SMILES string of the molecule is CCc1cc(C(F)(F)F)c(C(N)=O)cc1C(F)(F)F. The van der Waals surface area contributed by atoms with Crippen molar-refractivity contribution in [3.8, 4) is 0 Å². The molecule has 1 rings (SSSR count). The first kappa shape index (κ1) is 15.3. The van der Waals surface area contributed by atoms with Crippen LogP contribution in [0.3, 0.4) is 0 Å². The molecule has 0 fully saturated rings. The fourth-order valence-electron chi connectivity index (χ4n) is 1.64. The van der Waals surface area contributed by atoms with E-state index in [1.807, 2.05) is 0 Å². The summed E-state index contributed by atoms with van der Waals surface area (Å²) in [6.45, 7) is 1.29. The number of nitrogens with two attached hydrogens (primary N) is 1. The van der Waals surface area contributed by atoms with Gasteiger partial charge in [-0.1, -0.05) is 6.92 Å². The molecule has 0 aliphatic rings. The van der Waals surface area contributed by atoms with Crippen molar-refractivity contribution in [1.29, 1.82) is 0 Å². The lowest BCUT2D eigenvalue weighted by atomic mass is 9.95. The summed E-state index contributed by atoms with van der Waals surface area (Å²) in [5.74, 6) is -1.56. The maximum absolute atomic E-state index is 12.7. The van der Waals surface area contributed by atoms with Gasteiger partial charge in [0.1, 0.15) is 0 Å². The highest BCUT2D eigenvalue weighted by Crippen LogP contribution is 2.38. The van der Waals surface area contributed by atoms with Crippen molar-refractivity contribution in [2.75, 3.05) is 0 Å². The number of hydrogen-bond acceptors (Lipinski definition) is 1. The smallest absolute Gasteiger partial charge is 0.366 e. The van der Waals surface area contributed by atoms with Gasteiger partial charge in [-0.2, -0.15) is 26.3 Å². The van der Waals surface area contributed by atoms with Crippen molar-refractivity contribution in [2.24, 2.45) is 5.73 Å². The van der Waals surface area contributed by atoms with Crippen molar-refractivity contribution in [3.05, 3.63) is 34.4 Å². The minimum atomic E-state index is -4.95. The molecule has 2 nitrogen and oxygen atoms in total. The fourth-order valence-corrected chi connectivity index (χ4v) is 1.64. The molecular weight excluding hydrogens is 276 g/mol. The van der Waals surface area contributed by atoms with E-state index in [1.54, 1.807) is 0 Å². The van der Waals surface area contributed by atoms with Gasteiger partial charge in [0, 0.05) is 0 Å². The van der Waals surface area contributed by atoms with E-state index in [0.717, 1.165) is 0 Å². The van der Waals surface area contributed by atoms with E-state index in [-0.39, 0.29) is 12.5 Å². The highest BCUT2D eigenvalue weighted by atomic mass is 19.4. The van der Waals surface area contributed by atoms with Crippen LogP contribution in [0.2, 0.25) is 0 Å². The lowest BCUT2D eigenvalue weighted by Crippen LogP contribution is -2.22. The monoisotopic (exact) mass is 285 g/mol. The topological polar surface area (TPSA) is 43.1 Å². The van der Waals surface area contributed by atoms with Gasteiger partial charge in [-0.15, -0.1) is 0 Å². The van der Waals surface area contributed by atoms with Gasteiger partial charge in [-0.25, -0.2) is 0 Å². The molecule has 1 aromatic carbocycles. The van der Waals surface area contributed by atoms with Gasteiger partial charge in [0.05, 0.1) is 16.7 Å². The minimum Gasteiger partial charge on any atom is -0.366 e. The number of halogens is 6. The molecule has 0 saturated heterocycles. The number of hydrogen-bond donors (Lipinski definition) is 1.